The van der Waals surface area contributed by atoms with Crippen molar-refractivity contribution >= 4 is 5.97 Å². The number of benzene rings is 2. The molecular formula is C19H15F5O5. The van der Waals surface area contributed by atoms with Gasteiger partial charge in [-0.2, -0.15) is 22.0 Å². The van der Waals surface area contributed by atoms with Crippen molar-refractivity contribution in [1.29, 1.82) is 0 Å². The van der Waals surface area contributed by atoms with Crippen molar-refractivity contribution in [2.75, 3.05) is 0 Å². The van der Waals surface area contributed by atoms with Gasteiger partial charge in [0.25, 0.3) is 0 Å². The van der Waals surface area contributed by atoms with Gasteiger partial charge in [0.15, 0.2) is 11.5 Å². The van der Waals surface area contributed by atoms with E-state index in [2.05, 4.69) is 4.74 Å². The number of carboxylic acids is 1. The molecule has 10 heteroatoms. The second kappa shape index (κ2) is 7.41. The summed E-state index contributed by atoms with van der Waals surface area (Å²) in [6, 6.07) is 5.71. The lowest BCUT2D eigenvalue weighted by Crippen LogP contribution is -2.27. The van der Waals surface area contributed by atoms with Crippen LogP contribution in [0.5, 0.6) is 23.0 Å². The highest BCUT2D eigenvalue weighted by molar-refractivity contribution is 5.76. The summed E-state index contributed by atoms with van der Waals surface area (Å²) in [5.41, 5.74) is -0.764. The van der Waals surface area contributed by atoms with Crippen molar-refractivity contribution in [3.63, 3.8) is 0 Å². The first-order chi connectivity index (χ1) is 13.5. The normalized spacial score (nSPS) is 18.3. The summed E-state index contributed by atoms with van der Waals surface area (Å²) in [5, 5.41) is 9.17. The number of fused-ring (bicyclic) bond motifs is 1. The molecule has 2 atom stereocenters. The zero-order valence-electron chi connectivity index (χ0n) is 15.1. The van der Waals surface area contributed by atoms with E-state index in [9.17, 15) is 26.7 Å². The van der Waals surface area contributed by atoms with E-state index in [0.717, 1.165) is 13.0 Å². The van der Waals surface area contributed by atoms with Gasteiger partial charge in [-0.05, 0) is 30.7 Å². The molecule has 0 bridgehead atoms. The molecule has 0 fully saturated rings. The van der Waals surface area contributed by atoms with E-state index >= 15 is 0 Å². The number of carboxylic acid groups (broad SMARTS) is 1. The van der Waals surface area contributed by atoms with Crippen LogP contribution in [0.3, 0.4) is 0 Å². The molecule has 0 aliphatic carbocycles. The molecule has 5 nitrogen and oxygen atoms in total. The van der Waals surface area contributed by atoms with Crippen LogP contribution in [0.4, 0.5) is 22.0 Å². The molecule has 2 aromatic rings. The quantitative estimate of drug-likeness (QED) is 0.663. The first-order valence-electron chi connectivity index (χ1n) is 8.35. The van der Waals surface area contributed by atoms with E-state index in [1.54, 1.807) is 13.0 Å². The summed E-state index contributed by atoms with van der Waals surface area (Å²) in [5.74, 6) is -2.43. The molecule has 156 valence electrons. The molecule has 0 amide bonds. The average molecular weight is 418 g/mol. The first kappa shape index (κ1) is 20.7. The molecule has 1 aliphatic heterocycles. The highest BCUT2D eigenvalue weighted by Crippen LogP contribution is 2.44. The molecule has 0 radical (unpaired) electrons. The van der Waals surface area contributed by atoms with Crippen molar-refractivity contribution in [1.82, 2.24) is 0 Å². The third-order valence-electron chi connectivity index (χ3n) is 4.47. The zero-order chi connectivity index (χ0) is 21.5. The zero-order valence-corrected chi connectivity index (χ0v) is 15.1. The van der Waals surface area contributed by atoms with Gasteiger partial charge in [-0.15, -0.1) is 0 Å². The summed E-state index contributed by atoms with van der Waals surface area (Å²) in [6.45, 7) is -0.534. The topological polar surface area (TPSA) is 65.0 Å². The summed E-state index contributed by atoms with van der Waals surface area (Å²) < 4.78 is 79.6. The smallest absolute Gasteiger partial charge is 0.416 e. The third kappa shape index (κ3) is 4.20. The van der Waals surface area contributed by atoms with E-state index in [1.807, 2.05) is 0 Å². The Morgan fingerprint density at radius 2 is 1.86 bits per heavy atom. The van der Waals surface area contributed by atoms with Crippen molar-refractivity contribution < 1.29 is 46.1 Å². The minimum Gasteiger partial charge on any atom is -0.478 e. The molecule has 2 unspecified atom stereocenters. The number of hydrogen-bond donors (Lipinski definition) is 1. The molecular weight excluding hydrogens is 403 g/mol. The Balaban J connectivity index is 1.95. The minimum atomic E-state index is -4.76. The van der Waals surface area contributed by atoms with Gasteiger partial charge in [-0.3, -0.25) is 0 Å². The Morgan fingerprint density at radius 3 is 2.45 bits per heavy atom. The van der Waals surface area contributed by atoms with Gasteiger partial charge >= 0.3 is 18.8 Å². The Morgan fingerprint density at radius 1 is 1.17 bits per heavy atom. The number of halogens is 5. The highest BCUT2D eigenvalue weighted by Gasteiger charge is 2.37. The van der Waals surface area contributed by atoms with Crippen LogP contribution in [0.25, 0.3) is 0 Å². The number of carbonyl (C=O) groups is 1. The van der Waals surface area contributed by atoms with Gasteiger partial charge in [0.1, 0.15) is 11.5 Å². The Labute approximate surface area is 161 Å². The Bertz CT molecular complexity index is 941. The second-order valence-electron chi connectivity index (χ2n) is 6.46. The fourth-order valence-electron chi connectivity index (χ4n) is 3.08. The predicted molar refractivity (Wildman–Crippen MR) is 89.8 cm³/mol. The van der Waals surface area contributed by atoms with Crippen LogP contribution in [-0.4, -0.2) is 23.8 Å². The van der Waals surface area contributed by atoms with Crippen molar-refractivity contribution in [2.45, 2.75) is 38.7 Å². The van der Waals surface area contributed by atoms with E-state index in [1.165, 1.54) is 12.1 Å². The summed E-state index contributed by atoms with van der Waals surface area (Å²) >= 11 is 0. The minimum absolute atomic E-state index is 0.0558. The third-order valence-corrected chi connectivity index (χ3v) is 4.47. The van der Waals surface area contributed by atoms with Gasteiger partial charge in [0.05, 0.1) is 5.56 Å². The molecule has 0 aromatic heterocycles. The van der Waals surface area contributed by atoms with Crippen molar-refractivity contribution in [3.05, 3.63) is 47.0 Å². The summed E-state index contributed by atoms with van der Waals surface area (Å²) in [7, 11) is 0. The standard InChI is InChI=1S/C19H15F5O5/c1-8-5-14(15(29-18(20)21)7-12(8)19(22,23)24)27-10-3-4-11-9(2)16(17(25)26)28-13(11)6-10/h3-7,9,16,18H,1-2H3,(H,25,26). The van der Waals surface area contributed by atoms with Gasteiger partial charge in [-0.1, -0.05) is 13.0 Å². The van der Waals surface area contributed by atoms with Gasteiger partial charge in [-0.25, -0.2) is 4.79 Å². The molecule has 3 rings (SSSR count). The van der Waals surface area contributed by atoms with Crippen LogP contribution in [0.1, 0.15) is 29.5 Å². The van der Waals surface area contributed by atoms with Crippen LogP contribution < -0.4 is 14.2 Å². The number of alkyl halides is 5. The lowest BCUT2D eigenvalue weighted by molar-refractivity contribution is -0.145. The molecule has 1 heterocycles. The van der Waals surface area contributed by atoms with Crippen LogP contribution in [0.15, 0.2) is 30.3 Å². The van der Waals surface area contributed by atoms with E-state index in [4.69, 9.17) is 14.6 Å². The molecule has 2 aromatic carbocycles. The molecule has 0 saturated carbocycles. The Kier molecular flexibility index (Phi) is 5.29. The maximum atomic E-state index is 13.1. The number of aliphatic carboxylic acids is 1. The van der Waals surface area contributed by atoms with Crippen LogP contribution >= 0.6 is 0 Å². The highest BCUT2D eigenvalue weighted by atomic mass is 19.4. The van der Waals surface area contributed by atoms with Crippen molar-refractivity contribution in [2.24, 2.45) is 0 Å². The maximum Gasteiger partial charge on any atom is 0.416 e. The lowest BCUT2D eigenvalue weighted by atomic mass is 9.98. The molecule has 1 N–H and O–H groups in total. The lowest BCUT2D eigenvalue weighted by Gasteiger charge is -2.17. The second-order valence-corrected chi connectivity index (χ2v) is 6.46. The number of aryl methyl sites for hydroxylation is 1. The van der Waals surface area contributed by atoms with E-state index in [0.29, 0.717) is 11.6 Å². The first-order valence-corrected chi connectivity index (χ1v) is 8.35. The van der Waals surface area contributed by atoms with E-state index in [-0.39, 0.29) is 22.8 Å². The van der Waals surface area contributed by atoms with Crippen LogP contribution in [0, 0.1) is 6.92 Å². The monoisotopic (exact) mass is 418 g/mol. The van der Waals surface area contributed by atoms with Gasteiger partial charge < -0.3 is 19.3 Å². The maximum absolute atomic E-state index is 13.1. The average Bonchev–Trinajstić information content (AvgIpc) is 2.92. The van der Waals surface area contributed by atoms with Gasteiger partial charge in [0.2, 0.25) is 6.10 Å². The number of ether oxygens (including phenoxy) is 3. The van der Waals surface area contributed by atoms with Crippen molar-refractivity contribution in [3.8, 4) is 23.0 Å². The molecule has 1 aliphatic rings. The SMILES string of the molecule is Cc1cc(Oc2ccc3c(c2)OC(C(=O)O)C3C)c(OC(F)F)cc1C(F)(F)F. The Hall–Kier alpha value is -3.04. The summed E-state index contributed by atoms with van der Waals surface area (Å²) in [4.78, 5) is 11.2. The van der Waals surface area contributed by atoms with Crippen LogP contribution in [0.2, 0.25) is 0 Å². The molecule has 0 saturated heterocycles. The van der Waals surface area contributed by atoms with E-state index < -0.39 is 42.1 Å². The largest absolute Gasteiger partial charge is 0.478 e. The predicted octanol–water partition coefficient (Wildman–Crippen LogP) is 5.36. The van der Waals surface area contributed by atoms with Gasteiger partial charge in [0, 0.05) is 17.5 Å². The fraction of sp³-hybridized carbons (Fsp3) is 0.316. The molecule has 29 heavy (non-hydrogen) atoms. The number of rotatable bonds is 5. The molecule has 0 spiro atoms. The number of hydrogen-bond acceptors (Lipinski definition) is 4. The van der Waals surface area contributed by atoms with Crippen LogP contribution in [-0.2, 0) is 11.0 Å². The summed E-state index contributed by atoms with van der Waals surface area (Å²) in [6.07, 6.45) is -5.85. The fourth-order valence-corrected chi connectivity index (χ4v) is 3.08.